The smallest absolute Gasteiger partial charge is 0.155 e. The van der Waals surface area contributed by atoms with Crippen molar-refractivity contribution in [3.63, 3.8) is 0 Å². The minimum absolute atomic E-state index is 0.259. The number of hydrogen-bond donors (Lipinski definition) is 0. The molecule has 0 amide bonds. The molecule has 0 radical (unpaired) electrons. The van der Waals surface area contributed by atoms with E-state index >= 15 is 0 Å². The predicted molar refractivity (Wildman–Crippen MR) is 62.6 cm³/mol. The molecule has 2 atom stereocenters. The van der Waals surface area contributed by atoms with Crippen molar-refractivity contribution >= 4 is 5.78 Å². The summed E-state index contributed by atoms with van der Waals surface area (Å²) in [5.74, 6) is 1.72. The van der Waals surface area contributed by atoms with Crippen LogP contribution in [-0.4, -0.2) is 5.78 Å². The largest absolute Gasteiger partial charge is 0.295 e. The zero-order chi connectivity index (χ0) is 11.0. The first kappa shape index (κ1) is 10.7. The van der Waals surface area contributed by atoms with Crippen LogP contribution in [0, 0.1) is 11.8 Å². The van der Waals surface area contributed by atoms with E-state index in [0.29, 0.717) is 5.92 Å². The molecule has 0 aromatic rings. The van der Waals surface area contributed by atoms with Crippen LogP contribution >= 0.6 is 0 Å². The third-order valence-corrected chi connectivity index (χ3v) is 4.08. The third-order valence-electron chi connectivity index (χ3n) is 4.08. The van der Waals surface area contributed by atoms with Crippen LogP contribution in [0.4, 0.5) is 0 Å². The van der Waals surface area contributed by atoms with Gasteiger partial charge in [0.1, 0.15) is 0 Å². The highest BCUT2D eigenvalue weighted by Crippen LogP contribution is 2.43. The molecule has 2 aliphatic rings. The standard InChI is InChI=1S/C14H20O/c1-9-4-6-12(11(3)15)8-14-10(2)5-7-13(9)14/h6,9,13H,4-5,7-8H2,1-3H3. The Morgan fingerprint density at radius 2 is 2.20 bits per heavy atom. The van der Waals surface area contributed by atoms with Gasteiger partial charge in [-0.3, -0.25) is 4.79 Å². The number of fused-ring (bicyclic) bond motifs is 1. The molecule has 2 unspecified atom stereocenters. The molecular weight excluding hydrogens is 184 g/mol. The molecule has 0 saturated carbocycles. The molecule has 0 N–H and O–H groups in total. The van der Waals surface area contributed by atoms with Gasteiger partial charge in [-0.25, -0.2) is 0 Å². The van der Waals surface area contributed by atoms with Crippen LogP contribution in [0.25, 0.3) is 0 Å². The van der Waals surface area contributed by atoms with E-state index in [1.165, 1.54) is 12.8 Å². The van der Waals surface area contributed by atoms with E-state index in [-0.39, 0.29) is 5.78 Å². The van der Waals surface area contributed by atoms with E-state index in [0.717, 1.165) is 24.3 Å². The van der Waals surface area contributed by atoms with Crippen LogP contribution in [0.1, 0.15) is 46.5 Å². The van der Waals surface area contributed by atoms with E-state index in [4.69, 9.17) is 0 Å². The van der Waals surface area contributed by atoms with E-state index < -0.39 is 0 Å². The van der Waals surface area contributed by atoms with E-state index in [2.05, 4.69) is 19.9 Å². The van der Waals surface area contributed by atoms with Gasteiger partial charge in [-0.1, -0.05) is 24.1 Å². The van der Waals surface area contributed by atoms with Gasteiger partial charge in [-0.15, -0.1) is 0 Å². The number of rotatable bonds is 1. The Labute approximate surface area is 92.3 Å². The van der Waals surface area contributed by atoms with E-state index in [1.54, 1.807) is 18.1 Å². The van der Waals surface area contributed by atoms with Crippen LogP contribution in [0.15, 0.2) is 22.8 Å². The number of ketones is 1. The van der Waals surface area contributed by atoms with Gasteiger partial charge in [0.05, 0.1) is 0 Å². The average Bonchev–Trinajstić information content (AvgIpc) is 2.43. The Balaban J connectivity index is 2.31. The second-order valence-electron chi connectivity index (χ2n) is 5.13. The summed E-state index contributed by atoms with van der Waals surface area (Å²) in [4.78, 5) is 11.5. The fourth-order valence-electron chi connectivity index (χ4n) is 2.97. The molecule has 0 aromatic heterocycles. The molecule has 0 saturated heterocycles. The third kappa shape index (κ3) is 1.92. The lowest BCUT2D eigenvalue weighted by atomic mass is 9.86. The van der Waals surface area contributed by atoms with Gasteiger partial charge in [0, 0.05) is 0 Å². The summed E-state index contributed by atoms with van der Waals surface area (Å²) in [5, 5.41) is 0. The van der Waals surface area contributed by atoms with Crippen molar-refractivity contribution in [3.8, 4) is 0 Å². The summed E-state index contributed by atoms with van der Waals surface area (Å²) in [7, 11) is 0. The minimum atomic E-state index is 0.259. The Kier molecular flexibility index (Phi) is 2.81. The maximum absolute atomic E-state index is 11.5. The zero-order valence-electron chi connectivity index (χ0n) is 9.97. The lowest BCUT2D eigenvalue weighted by Crippen LogP contribution is -2.09. The Morgan fingerprint density at radius 3 is 2.87 bits per heavy atom. The highest BCUT2D eigenvalue weighted by atomic mass is 16.1. The van der Waals surface area contributed by atoms with Crippen LogP contribution in [0.5, 0.6) is 0 Å². The summed E-state index contributed by atoms with van der Waals surface area (Å²) in [6.45, 7) is 6.26. The first-order chi connectivity index (χ1) is 7.09. The first-order valence-electron chi connectivity index (χ1n) is 5.98. The fourth-order valence-corrected chi connectivity index (χ4v) is 2.97. The van der Waals surface area contributed by atoms with Crippen LogP contribution < -0.4 is 0 Å². The van der Waals surface area contributed by atoms with E-state index in [9.17, 15) is 4.79 Å². The SMILES string of the molecule is CC(=O)C1=CCC(C)C2CCC(C)=C2C1. The van der Waals surface area contributed by atoms with Gasteiger partial charge < -0.3 is 0 Å². The monoisotopic (exact) mass is 204 g/mol. The van der Waals surface area contributed by atoms with Crippen LogP contribution in [-0.2, 0) is 4.79 Å². The highest BCUT2D eigenvalue weighted by molar-refractivity contribution is 5.93. The van der Waals surface area contributed by atoms with Crippen molar-refractivity contribution in [3.05, 3.63) is 22.8 Å². The van der Waals surface area contributed by atoms with Gasteiger partial charge in [0.2, 0.25) is 0 Å². The van der Waals surface area contributed by atoms with Crippen LogP contribution in [0.2, 0.25) is 0 Å². The Hall–Kier alpha value is -0.850. The molecule has 15 heavy (non-hydrogen) atoms. The van der Waals surface area contributed by atoms with Crippen molar-refractivity contribution in [2.45, 2.75) is 46.5 Å². The molecule has 2 aliphatic carbocycles. The molecular formula is C14H20O. The number of carbonyl (C=O) groups is 1. The second kappa shape index (κ2) is 3.96. The fraction of sp³-hybridized carbons (Fsp3) is 0.643. The van der Waals surface area contributed by atoms with Gasteiger partial charge in [0.25, 0.3) is 0 Å². The summed E-state index contributed by atoms with van der Waals surface area (Å²) in [6.07, 6.45) is 6.73. The lowest BCUT2D eigenvalue weighted by Gasteiger charge is -2.19. The molecule has 0 aliphatic heterocycles. The van der Waals surface area contributed by atoms with Gasteiger partial charge in [-0.2, -0.15) is 0 Å². The molecule has 0 heterocycles. The molecule has 0 aromatic carbocycles. The molecule has 82 valence electrons. The van der Waals surface area contributed by atoms with Crippen molar-refractivity contribution in [2.24, 2.45) is 11.8 Å². The number of hydrogen-bond acceptors (Lipinski definition) is 1. The van der Waals surface area contributed by atoms with E-state index in [1.807, 2.05) is 0 Å². The van der Waals surface area contributed by atoms with Crippen LogP contribution in [0.3, 0.4) is 0 Å². The predicted octanol–water partition coefficient (Wildman–Crippen LogP) is 3.66. The Bertz CT molecular complexity index is 346. The molecule has 2 rings (SSSR count). The first-order valence-corrected chi connectivity index (χ1v) is 5.98. The molecule has 1 nitrogen and oxygen atoms in total. The van der Waals surface area contributed by atoms with Gasteiger partial charge in [-0.05, 0) is 56.9 Å². The summed E-state index contributed by atoms with van der Waals surface area (Å²) < 4.78 is 0. The van der Waals surface area contributed by atoms with Gasteiger partial charge >= 0.3 is 0 Å². The quantitative estimate of drug-likeness (QED) is 0.596. The molecule has 1 heteroatoms. The van der Waals surface area contributed by atoms with Crippen molar-refractivity contribution in [2.75, 3.05) is 0 Å². The summed E-state index contributed by atoms with van der Waals surface area (Å²) >= 11 is 0. The molecule has 0 fully saturated rings. The average molecular weight is 204 g/mol. The normalized spacial score (nSPS) is 31.0. The maximum atomic E-state index is 11.5. The Morgan fingerprint density at radius 1 is 1.47 bits per heavy atom. The zero-order valence-corrected chi connectivity index (χ0v) is 9.97. The molecule has 0 bridgehead atoms. The maximum Gasteiger partial charge on any atom is 0.155 e. The number of carbonyl (C=O) groups excluding carboxylic acids is 1. The van der Waals surface area contributed by atoms with Gasteiger partial charge in [0.15, 0.2) is 5.78 Å². The van der Waals surface area contributed by atoms with Crippen molar-refractivity contribution in [1.29, 1.82) is 0 Å². The number of allylic oxidation sites excluding steroid dienone is 4. The lowest BCUT2D eigenvalue weighted by molar-refractivity contribution is -0.113. The summed E-state index contributed by atoms with van der Waals surface area (Å²) in [6, 6.07) is 0. The number of Topliss-reactive ketones (excluding diaryl/α,β-unsaturated/α-hetero) is 1. The highest BCUT2D eigenvalue weighted by Gasteiger charge is 2.30. The topological polar surface area (TPSA) is 17.1 Å². The minimum Gasteiger partial charge on any atom is -0.295 e. The molecule has 0 spiro atoms. The van der Waals surface area contributed by atoms with Crippen molar-refractivity contribution in [1.82, 2.24) is 0 Å². The summed E-state index contributed by atoms with van der Waals surface area (Å²) in [5.41, 5.74) is 4.16. The van der Waals surface area contributed by atoms with Crippen molar-refractivity contribution < 1.29 is 4.79 Å². The second-order valence-corrected chi connectivity index (χ2v) is 5.13.